The summed E-state index contributed by atoms with van der Waals surface area (Å²) in [5.74, 6) is 2.31. The summed E-state index contributed by atoms with van der Waals surface area (Å²) in [4.78, 5) is 11.5. The van der Waals surface area contributed by atoms with Crippen LogP contribution in [0, 0.1) is 12.3 Å². The topological polar surface area (TPSA) is 38.3 Å². The summed E-state index contributed by atoms with van der Waals surface area (Å²) < 4.78 is 4.73. The van der Waals surface area contributed by atoms with Gasteiger partial charge in [-0.05, 0) is 25.5 Å². The van der Waals surface area contributed by atoms with Crippen LogP contribution in [0.25, 0.3) is 0 Å². The van der Waals surface area contributed by atoms with Gasteiger partial charge in [0.25, 0.3) is 0 Å². The van der Waals surface area contributed by atoms with E-state index in [2.05, 4.69) is 11.2 Å². The molecule has 0 amide bonds. The van der Waals surface area contributed by atoms with Gasteiger partial charge in [-0.25, -0.2) is 4.79 Å². The van der Waals surface area contributed by atoms with Crippen LogP contribution in [0.3, 0.4) is 0 Å². The van der Waals surface area contributed by atoms with Gasteiger partial charge in [0.2, 0.25) is 0 Å². The predicted molar refractivity (Wildman–Crippen MR) is 67.5 cm³/mol. The molecular weight excluding hydrogens is 214 g/mol. The highest BCUT2D eigenvalue weighted by molar-refractivity contribution is 5.90. The van der Waals surface area contributed by atoms with Crippen LogP contribution in [-0.2, 0) is 11.3 Å². The Morgan fingerprint density at radius 1 is 1.47 bits per heavy atom. The summed E-state index contributed by atoms with van der Waals surface area (Å²) in [5, 5.41) is 3.20. The van der Waals surface area contributed by atoms with Gasteiger partial charge in [-0.15, -0.1) is 6.42 Å². The Bertz CT molecular complexity index is 444. The number of hydrogen-bond donors (Lipinski definition) is 1. The Hall–Kier alpha value is -1.79. The van der Waals surface area contributed by atoms with E-state index in [-0.39, 0.29) is 5.97 Å². The van der Waals surface area contributed by atoms with Gasteiger partial charge >= 0.3 is 5.97 Å². The zero-order valence-corrected chi connectivity index (χ0v) is 10.4. The van der Waals surface area contributed by atoms with E-state index in [0.29, 0.717) is 12.1 Å². The molecule has 1 aromatic carbocycles. The van der Waals surface area contributed by atoms with E-state index in [0.717, 1.165) is 5.56 Å². The van der Waals surface area contributed by atoms with Crippen molar-refractivity contribution in [1.29, 1.82) is 0 Å². The number of nitrogens with one attached hydrogen (secondary N) is 1. The van der Waals surface area contributed by atoms with Crippen LogP contribution in [0.5, 0.6) is 0 Å². The fourth-order valence-electron chi connectivity index (χ4n) is 1.35. The van der Waals surface area contributed by atoms with Gasteiger partial charge < -0.3 is 4.74 Å². The molecule has 0 aromatic heterocycles. The molecule has 0 aliphatic rings. The Balaban J connectivity index is 2.85. The average molecular weight is 231 g/mol. The van der Waals surface area contributed by atoms with Crippen molar-refractivity contribution in [2.24, 2.45) is 0 Å². The van der Waals surface area contributed by atoms with Crippen LogP contribution < -0.4 is 5.32 Å². The van der Waals surface area contributed by atoms with Crippen molar-refractivity contribution >= 4 is 5.97 Å². The number of methoxy groups -OCH3 is 1. The minimum atomic E-state index is -0.400. The summed E-state index contributed by atoms with van der Waals surface area (Å²) in [6.07, 6.45) is 5.39. The van der Waals surface area contributed by atoms with Crippen LogP contribution in [0.2, 0.25) is 0 Å². The van der Waals surface area contributed by atoms with Crippen molar-refractivity contribution < 1.29 is 9.53 Å². The number of hydrogen-bond acceptors (Lipinski definition) is 3. The highest BCUT2D eigenvalue weighted by Gasteiger charge is 2.15. The van der Waals surface area contributed by atoms with E-state index in [9.17, 15) is 4.79 Å². The molecule has 0 atom stereocenters. The van der Waals surface area contributed by atoms with Crippen molar-refractivity contribution in [3.8, 4) is 12.3 Å². The average Bonchev–Trinajstić information content (AvgIpc) is 2.36. The molecule has 0 fully saturated rings. The van der Waals surface area contributed by atoms with Crippen LogP contribution in [0.1, 0.15) is 29.8 Å². The Labute approximate surface area is 102 Å². The molecule has 0 heterocycles. The maximum atomic E-state index is 11.5. The van der Waals surface area contributed by atoms with E-state index in [1.807, 2.05) is 32.0 Å². The first-order valence-corrected chi connectivity index (χ1v) is 5.39. The summed E-state index contributed by atoms with van der Waals surface area (Å²) in [5.41, 5.74) is 1.04. The fourth-order valence-corrected chi connectivity index (χ4v) is 1.35. The predicted octanol–water partition coefficient (Wildman–Crippen LogP) is 1.97. The van der Waals surface area contributed by atoms with E-state index in [1.165, 1.54) is 7.11 Å². The molecule has 1 rings (SSSR count). The molecule has 3 nitrogen and oxygen atoms in total. The summed E-state index contributed by atoms with van der Waals surface area (Å²) in [6.45, 7) is 4.35. The molecule has 1 aromatic rings. The van der Waals surface area contributed by atoms with E-state index < -0.39 is 5.54 Å². The lowest BCUT2D eigenvalue weighted by molar-refractivity contribution is 0.0599. The first kappa shape index (κ1) is 13.3. The highest BCUT2D eigenvalue weighted by Crippen LogP contribution is 2.11. The summed E-state index contributed by atoms with van der Waals surface area (Å²) in [6, 6.07) is 7.31. The quantitative estimate of drug-likeness (QED) is 0.636. The zero-order valence-electron chi connectivity index (χ0n) is 10.4. The Morgan fingerprint density at radius 3 is 2.71 bits per heavy atom. The normalized spacial score (nSPS) is 10.7. The minimum Gasteiger partial charge on any atom is -0.465 e. The van der Waals surface area contributed by atoms with Crippen molar-refractivity contribution in [3.05, 3.63) is 35.4 Å². The number of carbonyl (C=O) groups excluding carboxylic acids is 1. The van der Waals surface area contributed by atoms with E-state index in [1.54, 1.807) is 6.07 Å². The Morgan fingerprint density at radius 2 is 2.12 bits per heavy atom. The molecule has 17 heavy (non-hydrogen) atoms. The molecule has 0 bridgehead atoms. The molecule has 0 radical (unpaired) electrons. The molecule has 0 aliphatic heterocycles. The second-order valence-electron chi connectivity index (χ2n) is 4.27. The molecular formula is C14H17NO2. The van der Waals surface area contributed by atoms with Crippen LogP contribution in [0.4, 0.5) is 0 Å². The van der Waals surface area contributed by atoms with Crippen LogP contribution in [-0.4, -0.2) is 18.6 Å². The zero-order chi connectivity index (χ0) is 12.9. The fraction of sp³-hybridized carbons (Fsp3) is 0.357. The first-order chi connectivity index (χ1) is 8.00. The van der Waals surface area contributed by atoms with Gasteiger partial charge in [0.05, 0.1) is 18.2 Å². The summed E-state index contributed by atoms with van der Waals surface area (Å²) in [7, 11) is 1.37. The van der Waals surface area contributed by atoms with Crippen molar-refractivity contribution in [2.45, 2.75) is 25.9 Å². The second-order valence-corrected chi connectivity index (χ2v) is 4.27. The number of benzene rings is 1. The minimum absolute atomic E-state index is 0.332. The molecule has 0 unspecified atom stereocenters. The highest BCUT2D eigenvalue weighted by atomic mass is 16.5. The molecule has 3 heteroatoms. The van der Waals surface area contributed by atoms with Gasteiger partial charge in [0.15, 0.2) is 0 Å². The third-order valence-corrected chi connectivity index (χ3v) is 2.50. The van der Waals surface area contributed by atoms with Gasteiger partial charge in [0.1, 0.15) is 0 Å². The standard InChI is InChI=1S/C14H17NO2/c1-5-14(2,3)15-10-11-8-6-7-9-12(11)13(16)17-4/h1,6-9,15H,10H2,2-4H3. The second kappa shape index (κ2) is 5.51. The lowest BCUT2D eigenvalue weighted by Crippen LogP contribution is -2.37. The van der Waals surface area contributed by atoms with Gasteiger partial charge in [-0.2, -0.15) is 0 Å². The number of carbonyl (C=O) groups is 1. The van der Waals surface area contributed by atoms with Gasteiger partial charge in [-0.3, -0.25) is 5.32 Å². The third kappa shape index (κ3) is 3.61. The smallest absolute Gasteiger partial charge is 0.338 e. The van der Waals surface area contributed by atoms with Crippen molar-refractivity contribution in [3.63, 3.8) is 0 Å². The molecule has 0 saturated heterocycles. The van der Waals surface area contributed by atoms with Gasteiger partial charge in [0, 0.05) is 6.54 Å². The monoisotopic (exact) mass is 231 g/mol. The summed E-state index contributed by atoms with van der Waals surface area (Å²) >= 11 is 0. The lowest BCUT2D eigenvalue weighted by atomic mass is 10.0. The number of esters is 1. The first-order valence-electron chi connectivity index (χ1n) is 5.39. The molecule has 90 valence electrons. The van der Waals surface area contributed by atoms with E-state index >= 15 is 0 Å². The largest absolute Gasteiger partial charge is 0.465 e. The third-order valence-electron chi connectivity index (χ3n) is 2.50. The van der Waals surface area contributed by atoms with Crippen LogP contribution in [0.15, 0.2) is 24.3 Å². The molecule has 1 N–H and O–H groups in total. The number of rotatable bonds is 4. The maximum absolute atomic E-state index is 11.5. The maximum Gasteiger partial charge on any atom is 0.338 e. The van der Waals surface area contributed by atoms with Gasteiger partial charge in [-0.1, -0.05) is 24.1 Å². The number of ether oxygens (including phenoxy) is 1. The van der Waals surface area contributed by atoms with Crippen molar-refractivity contribution in [2.75, 3.05) is 7.11 Å². The molecule has 0 spiro atoms. The SMILES string of the molecule is C#CC(C)(C)NCc1ccccc1C(=O)OC. The number of terminal acetylenes is 1. The lowest BCUT2D eigenvalue weighted by Gasteiger charge is -2.20. The molecule has 0 saturated carbocycles. The Kier molecular flexibility index (Phi) is 4.30. The molecule has 0 aliphatic carbocycles. The van der Waals surface area contributed by atoms with Crippen molar-refractivity contribution in [1.82, 2.24) is 5.32 Å². The van der Waals surface area contributed by atoms with E-state index in [4.69, 9.17) is 11.2 Å². The van der Waals surface area contributed by atoms with Crippen LogP contribution >= 0.6 is 0 Å².